The number of methoxy groups -OCH3 is 1. The Kier molecular flexibility index (Phi) is 6.14. The Hall–Kier alpha value is -0.280. The second kappa shape index (κ2) is 7.13. The van der Waals surface area contributed by atoms with Gasteiger partial charge in [0.2, 0.25) is 0 Å². The van der Waals surface area contributed by atoms with Gasteiger partial charge in [-0.05, 0) is 37.6 Å². The molecule has 0 heterocycles. The van der Waals surface area contributed by atoms with E-state index in [1.165, 1.54) is 5.56 Å². The lowest BCUT2D eigenvalue weighted by atomic mass is 10.0. The van der Waals surface area contributed by atoms with Gasteiger partial charge in [-0.25, -0.2) is 0 Å². The van der Waals surface area contributed by atoms with Crippen molar-refractivity contribution in [1.29, 1.82) is 0 Å². The Morgan fingerprint density at radius 2 is 2.06 bits per heavy atom. The molecular formula is C12H17Cl2NO. The van der Waals surface area contributed by atoms with E-state index in [1.54, 1.807) is 7.11 Å². The molecular weight excluding hydrogens is 245 g/mol. The fourth-order valence-corrected chi connectivity index (χ4v) is 1.88. The van der Waals surface area contributed by atoms with Crippen molar-refractivity contribution in [3.05, 3.63) is 33.8 Å². The molecule has 0 saturated carbocycles. The summed E-state index contributed by atoms with van der Waals surface area (Å²) in [6, 6.07) is 6.16. The van der Waals surface area contributed by atoms with Crippen molar-refractivity contribution in [2.24, 2.45) is 0 Å². The minimum Gasteiger partial charge on any atom is -0.385 e. The summed E-state index contributed by atoms with van der Waals surface area (Å²) in [5.74, 6) is 0. The zero-order chi connectivity index (χ0) is 12.0. The minimum absolute atomic E-state index is 0.400. The molecule has 90 valence electrons. The van der Waals surface area contributed by atoms with Crippen LogP contribution >= 0.6 is 23.2 Å². The Labute approximate surface area is 107 Å². The molecule has 0 bridgehead atoms. The molecule has 0 aliphatic heterocycles. The Morgan fingerprint density at radius 3 is 2.62 bits per heavy atom. The zero-order valence-corrected chi connectivity index (χ0v) is 11.1. The lowest BCUT2D eigenvalue weighted by Gasteiger charge is -2.15. The lowest BCUT2D eigenvalue weighted by Crippen LogP contribution is -2.28. The monoisotopic (exact) mass is 261 g/mol. The number of benzene rings is 1. The van der Waals surface area contributed by atoms with Crippen LogP contribution in [0.2, 0.25) is 10.0 Å². The molecule has 0 aliphatic rings. The average Bonchev–Trinajstić information content (AvgIpc) is 2.29. The average molecular weight is 262 g/mol. The summed E-state index contributed by atoms with van der Waals surface area (Å²) in [6.45, 7) is 0.757. The Bertz CT molecular complexity index is 331. The third-order valence-electron chi connectivity index (χ3n) is 2.54. The molecule has 0 fully saturated rings. The summed E-state index contributed by atoms with van der Waals surface area (Å²) in [4.78, 5) is 0. The molecule has 1 aromatic rings. The van der Waals surface area contributed by atoms with Gasteiger partial charge in [0.1, 0.15) is 0 Å². The lowest BCUT2D eigenvalue weighted by molar-refractivity contribution is 0.184. The molecule has 1 N–H and O–H groups in total. The summed E-state index contributed by atoms with van der Waals surface area (Å²) in [6.07, 6.45) is 1.91. The van der Waals surface area contributed by atoms with Crippen molar-refractivity contribution >= 4 is 23.2 Å². The van der Waals surface area contributed by atoms with Crippen LogP contribution in [0.4, 0.5) is 0 Å². The largest absolute Gasteiger partial charge is 0.385 e. The number of likely N-dealkylation sites (N-methyl/N-ethyl adjacent to an activating group) is 1. The molecule has 1 atom stereocenters. The summed E-state index contributed by atoms with van der Waals surface area (Å²) < 4.78 is 5.07. The fraction of sp³-hybridized carbons (Fsp3) is 0.500. The maximum atomic E-state index is 5.97. The fourth-order valence-electron chi connectivity index (χ4n) is 1.56. The van der Waals surface area contributed by atoms with E-state index in [9.17, 15) is 0 Å². The second-order valence-electron chi connectivity index (χ2n) is 3.72. The highest BCUT2D eigenvalue weighted by atomic mass is 35.5. The zero-order valence-electron chi connectivity index (χ0n) is 9.59. The molecule has 1 aromatic carbocycles. The Balaban J connectivity index is 2.59. The minimum atomic E-state index is 0.400. The van der Waals surface area contributed by atoms with E-state index in [0.29, 0.717) is 16.1 Å². The first-order valence-electron chi connectivity index (χ1n) is 5.27. The van der Waals surface area contributed by atoms with Crippen molar-refractivity contribution < 1.29 is 4.74 Å². The van der Waals surface area contributed by atoms with E-state index >= 15 is 0 Å². The maximum Gasteiger partial charge on any atom is 0.0595 e. The summed E-state index contributed by atoms with van der Waals surface area (Å²) in [7, 11) is 3.67. The van der Waals surface area contributed by atoms with Gasteiger partial charge in [-0.2, -0.15) is 0 Å². The standard InChI is InChI=1S/C12H17Cl2NO/c1-15-10(5-6-16-2)7-9-3-4-11(13)12(14)8-9/h3-4,8,10,15H,5-7H2,1-2H3. The van der Waals surface area contributed by atoms with Crippen molar-refractivity contribution in [1.82, 2.24) is 5.32 Å². The second-order valence-corrected chi connectivity index (χ2v) is 4.53. The molecule has 1 unspecified atom stereocenters. The molecule has 0 aromatic heterocycles. The van der Waals surface area contributed by atoms with Gasteiger partial charge in [-0.15, -0.1) is 0 Å². The van der Waals surface area contributed by atoms with E-state index in [4.69, 9.17) is 27.9 Å². The van der Waals surface area contributed by atoms with Gasteiger partial charge in [0.05, 0.1) is 10.0 Å². The molecule has 1 rings (SSSR count). The van der Waals surface area contributed by atoms with Gasteiger partial charge >= 0.3 is 0 Å². The molecule has 0 radical (unpaired) electrons. The van der Waals surface area contributed by atoms with Crippen LogP contribution in [0.5, 0.6) is 0 Å². The van der Waals surface area contributed by atoms with Gasteiger partial charge in [0.15, 0.2) is 0 Å². The van der Waals surface area contributed by atoms with E-state index in [1.807, 2.05) is 25.2 Å². The summed E-state index contributed by atoms with van der Waals surface area (Å²) in [5, 5.41) is 4.48. The molecule has 0 saturated heterocycles. The van der Waals surface area contributed by atoms with Crippen molar-refractivity contribution in [3.8, 4) is 0 Å². The number of nitrogens with one attached hydrogen (secondary N) is 1. The van der Waals surface area contributed by atoms with Crippen LogP contribution in [0.25, 0.3) is 0 Å². The first kappa shape index (κ1) is 13.8. The highest BCUT2D eigenvalue weighted by Gasteiger charge is 2.08. The van der Waals surface area contributed by atoms with Crippen LogP contribution in [0.15, 0.2) is 18.2 Å². The van der Waals surface area contributed by atoms with Gasteiger partial charge in [0.25, 0.3) is 0 Å². The summed E-state index contributed by atoms with van der Waals surface area (Å²) >= 11 is 11.8. The molecule has 0 amide bonds. The highest BCUT2D eigenvalue weighted by molar-refractivity contribution is 6.42. The number of hydrogen-bond acceptors (Lipinski definition) is 2. The van der Waals surface area contributed by atoms with Crippen molar-refractivity contribution in [2.75, 3.05) is 20.8 Å². The van der Waals surface area contributed by atoms with Crippen molar-refractivity contribution in [2.45, 2.75) is 18.9 Å². The van der Waals surface area contributed by atoms with Crippen LogP contribution in [-0.2, 0) is 11.2 Å². The normalized spacial score (nSPS) is 12.8. The van der Waals surface area contributed by atoms with Crippen molar-refractivity contribution in [3.63, 3.8) is 0 Å². The highest BCUT2D eigenvalue weighted by Crippen LogP contribution is 2.23. The molecule has 4 heteroatoms. The molecule has 2 nitrogen and oxygen atoms in total. The SMILES string of the molecule is CNC(CCOC)Cc1ccc(Cl)c(Cl)c1. The molecule has 0 spiro atoms. The van der Waals surface area contributed by atoms with Gasteiger partial charge in [-0.3, -0.25) is 0 Å². The third-order valence-corrected chi connectivity index (χ3v) is 3.28. The predicted molar refractivity (Wildman–Crippen MR) is 69.5 cm³/mol. The Morgan fingerprint density at radius 1 is 1.31 bits per heavy atom. The topological polar surface area (TPSA) is 21.3 Å². The molecule has 0 aliphatic carbocycles. The smallest absolute Gasteiger partial charge is 0.0595 e. The van der Waals surface area contributed by atoms with Gasteiger partial charge in [-0.1, -0.05) is 29.3 Å². The summed E-state index contributed by atoms with van der Waals surface area (Å²) in [5.41, 5.74) is 1.19. The van der Waals surface area contributed by atoms with Crippen LogP contribution in [0.3, 0.4) is 0 Å². The number of hydrogen-bond donors (Lipinski definition) is 1. The molecule has 16 heavy (non-hydrogen) atoms. The van der Waals surface area contributed by atoms with E-state index in [0.717, 1.165) is 19.4 Å². The number of rotatable bonds is 6. The van der Waals surface area contributed by atoms with Gasteiger partial charge < -0.3 is 10.1 Å². The van der Waals surface area contributed by atoms with Crippen LogP contribution in [0, 0.1) is 0 Å². The predicted octanol–water partition coefficient (Wildman–Crippen LogP) is 3.16. The third kappa shape index (κ3) is 4.30. The van der Waals surface area contributed by atoms with E-state index < -0.39 is 0 Å². The number of halogens is 2. The van der Waals surface area contributed by atoms with Crippen LogP contribution < -0.4 is 5.32 Å². The quantitative estimate of drug-likeness (QED) is 0.850. The first-order chi connectivity index (χ1) is 7.67. The van der Waals surface area contributed by atoms with E-state index in [2.05, 4.69) is 5.32 Å². The maximum absolute atomic E-state index is 5.97. The van der Waals surface area contributed by atoms with Crippen LogP contribution in [0.1, 0.15) is 12.0 Å². The van der Waals surface area contributed by atoms with E-state index in [-0.39, 0.29) is 0 Å². The van der Waals surface area contributed by atoms with Crippen LogP contribution in [-0.4, -0.2) is 26.8 Å². The van der Waals surface area contributed by atoms with Gasteiger partial charge in [0, 0.05) is 19.8 Å². The first-order valence-corrected chi connectivity index (χ1v) is 6.03. The number of ether oxygens (including phenoxy) is 1.